The van der Waals surface area contributed by atoms with E-state index in [9.17, 15) is 4.79 Å². The Bertz CT molecular complexity index is 1180. The van der Waals surface area contributed by atoms with Crippen molar-refractivity contribution in [3.8, 4) is 11.1 Å². The van der Waals surface area contributed by atoms with Crippen LogP contribution in [0.1, 0.15) is 16.1 Å². The zero-order chi connectivity index (χ0) is 21.1. The van der Waals surface area contributed by atoms with Crippen molar-refractivity contribution < 1.29 is 4.79 Å². The maximum atomic E-state index is 12.8. The highest BCUT2D eigenvalue weighted by atomic mass is 16.1. The fourth-order valence-electron chi connectivity index (χ4n) is 3.27. The number of benzene rings is 1. The molecule has 1 amide bonds. The summed E-state index contributed by atoms with van der Waals surface area (Å²) in [6.07, 6.45) is 5.30. The minimum absolute atomic E-state index is 0.295. The Balaban J connectivity index is 1.63. The molecule has 3 N–H and O–H groups in total. The van der Waals surface area contributed by atoms with Gasteiger partial charge in [0.05, 0.1) is 17.4 Å². The van der Waals surface area contributed by atoms with Gasteiger partial charge in [-0.2, -0.15) is 5.10 Å². The van der Waals surface area contributed by atoms with Crippen LogP contribution in [-0.2, 0) is 6.54 Å². The van der Waals surface area contributed by atoms with Gasteiger partial charge in [-0.15, -0.1) is 0 Å². The summed E-state index contributed by atoms with van der Waals surface area (Å²) in [6, 6.07) is 11.6. The number of aromatic amines is 1. The molecule has 0 aliphatic heterocycles. The van der Waals surface area contributed by atoms with E-state index in [1.165, 1.54) is 0 Å². The van der Waals surface area contributed by atoms with Gasteiger partial charge in [0.1, 0.15) is 5.82 Å². The third kappa shape index (κ3) is 4.13. The second-order valence-corrected chi connectivity index (χ2v) is 7.29. The van der Waals surface area contributed by atoms with Crippen LogP contribution in [0, 0.1) is 0 Å². The summed E-state index contributed by atoms with van der Waals surface area (Å²) in [7, 11) is 5.84. The van der Waals surface area contributed by atoms with Crippen molar-refractivity contribution in [3.63, 3.8) is 0 Å². The van der Waals surface area contributed by atoms with Crippen LogP contribution in [0.15, 0.2) is 55.0 Å². The molecule has 0 saturated heterocycles. The van der Waals surface area contributed by atoms with Crippen molar-refractivity contribution >= 4 is 28.3 Å². The summed E-state index contributed by atoms with van der Waals surface area (Å²) in [5, 5.41) is 13.7. The quantitative estimate of drug-likeness (QED) is 0.458. The summed E-state index contributed by atoms with van der Waals surface area (Å²) in [5.74, 6) is 0.435. The van der Waals surface area contributed by atoms with Gasteiger partial charge in [-0.1, -0.05) is 6.07 Å². The predicted octanol–water partition coefficient (Wildman–Crippen LogP) is 3.38. The number of hydrogen-bond donors (Lipinski definition) is 3. The zero-order valence-corrected chi connectivity index (χ0v) is 17.1. The van der Waals surface area contributed by atoms with Crippen LogP contribution in [-0.4, -0.2) is 52.1 Å². The Morgan fingerprint density at radius 3 is 2.67 bits per heavy atom. The van der Waals surface area contributed by atoms with Crippen LogP contribution in [0.25, 0.3) is 22.0 Å². The van der Waals surface area contributed by atoms with Crippen LogP contribution in [0.5, 0.6) is 0 Å². The van der Waals surface area contributed by atoms with Gasteiger partial charge in [0.25, 0.3) is 5.91 Å². The first-order valence-electron chi connectivity index (χ1n) is 9.56. The van der Waals surface area contributed by atoms with Crippen LogP contribution >= 0.6 is 0 Å². The minimum atomic E-state index is -0.295. The molecule has 0 aliphatic rings. The second-order valence-electron chi connectivity index (χ2n) is 7.29. The molecule has 4 rings (SSSR count). The van der Waals surface area contributed by atoms with E-state index < -0.39 is 0 Å². The van der Waals surface area contributed by atoms with Crippen LogP contribution in [0.4, 0.5) is 11.5 Å². The number of carbonyl (C=O) groups is 1. The number of hydrogen-bond acceptors (Lipinski definition) is 6. The van der Waals surface area contributed by atoms with E-state index in [2.05, 4.69) is 41.8 Å². The van der Waals surface area contributed by atoms with Gasteiger partial charge in [0.15, 0.2) is 5.69 Å². The number of carbonyl (C=O) groups excluding carboxylic acids is 1. The molecule has 0 spiro atoms. The highest BCUT2D eigenvalue weighted by molar-refractivity contribution is 6.11. The number of H-pyrrole nitrogens is 1. The molecule has 0 unspecified atom stereocenters. The fourth-order valence-corrected chi connectivity index (χ4v) is 3.27. The third-order valence-corrected chi connectivity index (χ3v) is 4.68. The number of nitrogens with one attached hydrogen (secondary N) is 3. The summed E-state index contributed by atoms with van der Waals surface area (Å²) < 4.78 is 0. The second kappa shape index (κ2) is 8.30. The van der Waals surface area contributed by atoms with Gasteiger partial charge < -0.3 is 15.5 Å². The standard InChI is InChI=1S/C22H23N7O/c1-23-20-7-5-17(12-25-20)26-22(30)21-18-9-15(4-6-19(18)27-28-21)16-8-14(10-24-11-16)13-29(2)3/h4-12H,13H2,1-3H3,(H,23,25)(H,26,30)(H,27,28). The molecule has 8 nitrogen and oxygen atoms in total. The zero-order valence-electron chi connectivity index (χ0n) is 17.1. The average Bonchev–Trinajstić information content (AvgIpc) is 3.17. The van der Waals surface area contributed by atoms with E-state index >= 15 is 0 Å². The molecule has 152 valence electrons. The normalized spacial score (nSPS) is 11.1. The van der Waals surface area contributed by atoms with Gasteiger partial charge in [0.2, 0.25) is 0 Å². The number of aromatic nitrogens is 4. The monoisotopic (exact) mass is 401 g/mol. The number of pyridine rings is 2. The number of anilines is 2. The molecule has 3 aromatic heterocycles. The molecule has 0 bridgehead atoms. The van der Waals surface area contributed by atoms with E-state index in [0.717, 1.165) is 40.0 Å². The van der Waals surface area contributed by atoms with E-state index in [4.69, 9.17) is 0 Å². The summed E-state index contributed by atoms with van der Waals surface area (Å²) in [5.41, 5.74) is 4.83. The first kappa shape index (κ1) is 19.5. The maximum Gasteiger partial charge on any atom is 0.276 e. The smallest absolute Gasteiger partial charge is 0.276 e. The molecule has 30 heavy (non-hydrogen) atoms. The fraction of sp³-hybridized carbons (Fsp3) is 0.182. The third-order valence-electron chi connectivity index (χ3n) is 4.68. The van der Waals surface area contributed by atoms with Crippen molar-refractivity contribution in [2.75, 3.05) is 31.8 Å². The molecule has 0 atom stereocenters. The Labute approximate surface area is 174 Å². The van der Waals surface area contributed by atoms with Gasteiger partial charge >= 0.3 is 0 Å². The summed E-state index contributed by atoms with van der Waals surface area (Å²) in [4.78, 5) is 23.5. The SMILES string of the molecule is CNc1ccc(NC(=O)c2n[nH]c3ccc(-c4cncc(CN(C)C)c4)cc23)cn1. The van der Waals surface area contributed by atoms with Crippen LogP contribution in [0.3, 0.4) is 0 Å². The summed E-state index contributed by atoms with van der Waals surface area (Å²) in [6.45, 7) is 0.808. The lowest BCUT2D eigenvalue weighted by Gasteiger charge is -2.10. The van der Waals surface area contributed by atoms with E-state index in [1.54, 1.807) is 25.4 Å². The number of rotatable bonds is 6. The van der Waals surface area contributed by atoms with E-state index in [1.807, 2.05) is 44.7 Å². The highest BCUT2D eigenvalue weighted by Gasteiger charge is 2.15. The average molecular weight is 401 g/mol. The molecule has 8 heteroatoms. The van der Waals surface area contributed by atoms with Gasteiger partial charge in [-0.25, -0.2) is 4.98 Å². The summed E-state index contributed by atoms with van der Waals surface area (Å²) >= 11 is 0. The molecule has 0 radical (unpaired) electrons. The van der Waals surface area contributed by atoms with Gasteiger partial charge in [-0.05, 0) is 55.6 Å². The van der Waals surface area contributed by atoms with Crippen molar-refractivity contribution in [2.24, 2.45) is 0 Å². The highest BCUT2D eigenvalue weighted by Crippen LogP contribution is 2.26. The molecular weight excluding hydrogens is 378 g/mol. The van der Waals surface area contributed by atoms with Gasteiger partial charge in [-0.3, -0.25) is 14.9 Å². The lowest BCUT2D eigenvalue weighted by atomic mass is 10.0. The Morgan fingerprint density at radius 1 is 1.07 bits per heavy atom. The molecule has 0 fully saturated rings. The van der Waals surface area contributed by atoms with Crippen molar-refractivity contribution in [2.45, 2.75) is 6.54 Å². The molecule has 0 saturated carbocycles. The van der Waals surface area contributed by atoms with Gasteiger partial charge in [0, 0.05) is 36.9 Å². The topological polar surface area (TPSA) is 98.8 Å². The first-order chi connectivity index (χ1) is 14.5. The minimum Gasteiger partial charge on any atom is -0.373 e. The van der Waals surface area contributed by atoms with Crippen molar-refractivity contribution in [3.05, 3.63) is 66.2 Å². The number of nitrogens with zero attached hydrogens (tertiary/aromatic N) is 4. The number of fused-ring (bicyclic) bond motifs is 1. The number of amides is 1. The van der Waals surface area contributed by atoms with Crippen molar-refractivity contribution in [1.29, 1.82) is 0 Å². The lowest BCUT2D eigenvalue weighted by Crippen LogP contribution is -2.13. The van der Waals surface area contributed by atoms with Crippen LogP contribution in [0.2, 0.25) is 0 Å². The molecule has 4 aromatic rings. The molecule has 1 aromatic carbocycles. The molecule has 3 heterocycles. The van der Waals surface area contributed by atoms with E-state index in [-0.39, 0.29) is 5.91 Å². The van der Waals surface area contributed by atoms with Crippen LogP contribution < -0.4 is 10.6 Å². The molecular formula is C22H23N7O. The largest absolute Gasteiger partial charge is 0.373 e. The van der Waals surface area contributed by atoms with E-state index in [0.29, 0.717) is 11.4 Å². The Hall–Kier alpha value is -3.78. The predicted molar refractivity (Wildman–Crippen MR) is 118 cm³/mol. The van der Waals surface area contributed by atoms with Crippen molar-refractivity contribution in [1.82, 2.24) is 25.1 Å². The Morgan fingerprint density at radius 2 is 1.93 bits per heavy atom. The first-order valence-corrected chi connectivity index (χ1v) is 9.56. The lowest BCUT2D eigenvalue weighted by molar-refractivity contribution is 0.102. The molecule has 0 aliphatic carbocycles. The maximum absolute atomic E-state index is 12.8. The Kier molecular flexibility index (Phi) is 5.40.